The van der Waals surface area contributed by atoms with Crippen molar-refractivity contribution in [2.24, 2.45) is 0 Å². The fraction of sp³-hybridized carbons (Fsp3) is 0.300. The molecule has 1 rings (SSSR count). The van der Waals surface area contributed by atoms with E-state index in [1.165, 1.54) is 6.07 Å². The third-order valence-corrected chi connectivity index (χ3v) is 2.06. The lowest BCUT2D eigenvalue weighted by Gasteiger charge is -2.09. The molecule has 19 heavy (non-hydrogen) atoms. The molecule has 0 radical (unpaired) electrons. The third kappa shape index (κ3) is 4.21. The van der Waals surface area contributed by atoms with E-state index in [0.29, 0.717) is 0 Å². The van der Waals surface area contributed by atoms with Gasteiger partial charge in [0.25, 0.3) is 5.69 Å². The number of carboxylic acid groups (broad SMARTS) is 1. The average Bonchev–Trinajstić information content (AvgIpc) is 2.26. The molecule has 0 heterocycles. The first-order valence-electron chi connectivity index (χ1n) is 4.86. The second kappa shape index (κ2) is 5.65. The number of ether oxygens (including phenoxy) is 1. The van der Waals surface area contributed by atoms with Gasteiger partial charge in [-0.15, -0.1) is 0 Å². The van der Waals surface area contributed by atoms with Gasteiger partial charge in [-0.25, -0.2) is 4.79 Å². The van der Waals surface area contributed by atoms with E-state index in [0.717, 1.165) is 12.1 Å². The van der Waals surface area contributed by atoms with Crippen molar-refractivity contribution in [3.63, 3.8) is 0 Å². The quantitative estimate of drug-likeness (QED) is 0.660. The van der Waals surface area contributed by atoms with Crippen LogP contribution in [-0.4, -0.2) is 28.8 Å². The summed E-state index contributed by atoms with van der Waals surface area (Å²) in [5, 5.41) is 19.5. The Morgan fingerprint density at radius 3 is 2.53 bits per heavy atom. The van der Waals surface area contributed by atoms with E-state index in [9.17, 15) is 28.1 Å². The third-order valence-electron chi connectivity index (χ3n) is 2.06. The van der Waals surface area contributed by atoms with E-state index < -0.39 is 41.5 Å². The molecule has 1 N–H and O–H groups in total. The molecule has 1 aromatic rings. The molecule has 0 atom stereocenters. The highest BCUT2D eigenvalue weighted by Gasteiger charge is 2.28. The normalized spacial score (nSPS) is 11.3. The van der Waals surface area contributed by atoms with Gasteiger partial charge < -0.3 is 9.84 Å². The number of nitro benzene ring substituents is 1. The highest BCUT2D eigenvalue weighted by Crippen LogP contribution is 2.24. The second-order valence-electron chi connectivity index (χ2n) is 3.48. The number of nitro groups is 1. The van der Waals surface area contributed by atoms with Gasteiger partial charge in [0.1, 0.15) is 12.2 Å². The van der Waals surface area contributed by atoms with E-state index in [-0.39, 0.29) is 5.56 Å². The maximum atomic E-state index is 11.9. The number of nitrogens with zero attached hydrogens (tertiary/aromatic N) is 1. The van der Waals surface area contributed by atoms with Crippen molar-refractivity contribution in [2.45, 2.75) is 12.8 Å². The maximum absolute atomic E-state index is 11.9. The molecule has 6 nitrogen and oxygen atoms in total. The second-order valence-corrected chi connectivity index (χ2v) is 3.48. The number of aromatic carboxylic acids is 1. The first-order valence-corrected chi connectivity index (χ1v) is 4.86. The molecule has 0 spiro atoms. The predicted molar refractivity (Wildman–Crippen MR) is 55.8 cm³/mol. The van der Waals surface area contributed by atoms with Gasteiger partial charge in [-0.3, -0.25) is 10.1 Å². The summed E-state index contributed by atoms with van der Waals surface area (Å²) < 4.78 is 39.9. The summed E-state index contributed by atoms with van der Waals surface area (Å²) in [5.74, 6) is -1.60. The summed E-state index contributed by atoms with van der Waals surface area (Å²) in [6, 6.07) is 3.29. The molecule has 0 aromatic heterocycles. The molecule has 0 bridgehead atoms. The lowest BCUT2D eigenvalue weighted by atomic mass is 10.1. The molecular weight excluding hydrogens is 271 g/mol. The minimum atomic E-state index is -4.55. The first kappa shape index (κ1) is 14.9. The van der Waals surface area contributed by atoms with Crippen molar-refractivity contribution < 1.29 is 32.7 Å². The predicted octanol–water partition coefficient (Wildman–Crippen LogP) is 2.37. The number of carboxylic acids is 1. The summed E-state index contributed by atoms with van der Waals surface area (Å²) in [6.45, 7) is -2.24. The first-order chi connectivity index (χ1) is 8.72. The van der Waals surface area contributed by atoms with Crippen molar-refractivity contribution in [1.82, 2.24) is 0 Å². The molecule has 9 heteroatoms. The number of carbonyl (C=O) groups is 1. The fourth-order valence-electron chi connectivity index (χ4n) is 1.38. The summed E-state index contributed by atoms with van der Waals surface area (Å²) in [5.41, 5.74) is -1.55. The van der Waals surface area contributed by atoms with E-state index in [2.05, 4.69) is 4.74 Å². The minimum Gasteiger partial charge on any atom is -0.477 e. The lowest BCUT2D eigenvalue weighted by molar-refractivity contribution is -0.385. The van der Waals surface area contributed by atoms with Crippen LogP contribution in [0.15, 0.2) is 18.2 Å². The van der Waals surface area contributed by atoms with Gasteiger partial charge in [0.2, 0.25) is 0 Å². The summed E-state index contributed by atoms with van der Waals surface area (Å²) in [4.78, 5) is 20.6. The average molecular weight is 279 g/mol. The van der Waals surface area contributed by atoms with Gasteiger partial charge in [-0.2, -0.15) is 13.2 Å². The van der Waals surface area contributed by atoms with Crippen molar-refractivity contribution in [3.8, 4) is 0 Å². The van der Waals surface area contributed by atoms with Gasteiger partial charge in [-0.1, -0.05) is 12.1 Å². The number of halogens is 3. The number of alkyl halides is 3. The molecule has 0 saturated heterocycles. The molecular formula is C10H8F3NO5. The van der Waals surface area contributed by atoms with E-state index in [4.69, 9.17) is 5.11 Å². The molecule has 0 aliphatic heterocycles. The van der Waals surface area contributed by atoms with Crippen molar-refractivity contribution in [2.75, 3.05) is 6.61 Å². The molecule has 0 aliphatic rings. The minimum absolute atomic E-state index is 0.189. The zero-order chi connectivity index (χ0) is 14.6. The van der Waals surface area contributed by atoms with Gasteiger partial charge >= 0.3 is 12.1 Å². The van der Waals surface area contributed by atoms with Gasteiger partial charge in [0.05, 0.1) is 11.5 Å². The fourth-order valence-corrected chi connectivity index (χ4v) is 1.38. The summed E-state index contributed by atoms with van der Waals surface area (Å²) in [7, 11) is 0. The van der Waals surface area contributed by atoms with Crippen molar-refractivity contribution in [1.29, 1.82) is 0 Å². The summed E-state index contributed by atoms with van der Waals surface area (Å²) in [6.07, 6.45) is -4.55. The summed E-state index contributed by atoms with van der Waals surface area (Å²) >= 11 is 0. The number of rotatable bonds is 5. The number of hydrogen-bond acceptors (Lipinski definition) is 4. The SMILES string of the molecule is O=C(O)c1c(COCC(F)(F)F)cccc1[N+](=O)[O-]. The Hall–Kier alpha value is -2.16. The Kier molecular flexibility index (Phi) is 4.43. The molecule has 1 aromatic carbocycles. The highest BCUT2D eigenvalue weighted by molar-refractivity contribution is 5.94. The van der Waals surface area contributed by atoms with E-state index in [1.807, 2.05) is 0 Å². The molecule has 0 saturated carbocycles. The Bertz CT molecular complexity index is 500. The zero-order valence-electron chi connectivity index (χ0n) is 9.31. The largest absolute Gasteiger partial charge is 0.477 e. The Morgan fingerprint density at radius 2 is 2.05 bits per heavy atom. The van der Waals surface area contributed by atoms with Crippen molar-refractivity contribution >= 4 is 11.7 Å². The van der Waals surface area contributed by atoms with Gasteiger partial charge in [-0.05, 0) is 5.56 Å². The van der Waals surface area contributed by atoms with Crippen LogP contribution in [0, 0.1) is 10.1 Å². The molecule has 0 unspecified atom stereocenters. The van der Waals surface area contributed by atoms with Crippen LogP contribution < -0.4 is 0 Å². The van der Waals surface area contributed by atoms with E-state index >= 15 is 0 Å². The van der Waals surface area contributed by atoms with Crippen LogP contribution in [0.2, 0.25) is 0 Å². The van der Waals surface area contributed by atoms with Crippen molar-refractivity contribution in [3.05, 3.63) is 39.4 Å². The van der Waals surface area contributed by atoms with Crippen LogP contribution >= 0.6 is 0 Å². The molecule has 0 fully saturated rings. The topological polar surface area (TPSA) is 89.7 Å². The van der Waals surface area contributed by atoms with Crippen LogP contribution in [-0.2, 0) is 11.3 Å². The number of benzene rings is 1. The van der Waals surface area contributed by atoms with E-state index in [1.54, 1.807) is 0 Å². The Balaban J connectivity index is 2.98. The lowest BCUT2D eigenvalue weighted by Crippen LogP contribution is -2.17. The van der Waals surface area contributed by atoms with Crippen LogP contribution in [0.1, 0.15) is 15.9 Å². The van der Waals surface area contributed by atoms with Crippen LogP contribution in [0.3, 0.4) is 0 Å². The molecule has 104 valence electrons. The van der Waals surface area contributed by atoms with Crippen LogP contribution in [0.4, 0.5) is 18.9 Å². The standard InChI is InChI=1S/C10H8F3NO5/c11-10(12,13)5-19-4-6-2-1-3-7(14(17)18)8(6)9(15)16/h1-3H,4-5H2,(H,15,16). The zero-order valence-corrected chi connectivity index (χ0v) is 9.31. The molecule has 0 aliphatic carbocycles. The van der Waals surface area contributed by atoms with Gasteiger partial charge in [0.15, 0.2) is 0 Å². The Morgan fingerprint density at radius 1 is 1.42 bits per heavy atom. The smallest absolute Gasteiger partial charge is 0.411 e. The van der Waals surface area contributed by atoms with Gasteiger partial charge in [0, 0.05) is 6.07 Å². The monoisotopic (exact) mass is 279 g/mol. The number of hydrogen-bond donors (Lipinski definition) is 1. The van der Waals surface area contributed by atoms with Crippen LogP contribution in [0.25, 0.3) is 0 Å². The molecule has 0 amide bonds. The van der Waals surface area contributed by atoms with Crippen LogP contribution in [0.5, 0.6) is 0 Å². The maximum Gasteiger partial charge on any atom is 0.411 e. The Labute approximate surface area is 104 Å². The highest BCUT2D eigenvalue weighted by atomic mass is 19.4.